The standard InChI is InChI=1S/C13H18N6/c1-2-4-11(5-3-1)19-10-17-18-13(19)9-16-12-8-14-6-7-15-12/h6-8,10-11H,1-5,9H2,(H,15,16). The third-order valence-electron chi connectivity index (χ3n) is 3.61. The summed E-state index contributed by atoms with van der Waals surface area (Å²) in [5.41, 5.74) is 0. The van der Waals surface area contributed by atoms with Crippen LogP contribution in [0.5, 0.6) is 0 Å². The van der Waals surface area contributed by atoms with E-state index in [1.54, 1.807) is 18.6 Å². The molecule has 100 valence electrons. The maximum absolute atomic E-state index is 4.21. The van der Waals surface area contributed by atoms with Gasteiger partial charge < -0.3 is 9.88 Å². The van der Waals surface area contributed by atoms with E-state index >= 15 is 0 Å². The molecule has 1 N–H and O–H groups in total. The van der Waals surface area contributed by atoms with Crippen molar-refractivity contribution in [3.05, 3.63) is 30.7 Å². The van der Waals surface area contributed by atoms with Gasteiger partial charge in [0.15, 0.2) is 5.82 Å². The van der Waals surface area contributed by atoms with Crippen LogP contribution in [0.3, 0.4) is 0 Å². The summed E-state index contributed by atoms with van der Waals surface area (Å²) in [5, 5.41) is 11.5. The monoisotopic (exact) mass is 258 g/mol. The van der Waals surface area contributed by atoms with Gasteiger partial charge in [0.1, 0.15) is 12.1 Å². The first-order valence-electron chi connectivity index (χ1n) is 6.82. The molecule has 0 spiro atoms. The number of rotatable bonds is 4. The largest absolute Gasteiger partial charge is 0.361 e. The van der Waals surface area contributed by atoms with Crippen molar-refractivity contribution in [2.75, 3.05) is 5.32 Å². The van der Waals surface area contributed by atoms with E-state index in [0.717, 1.165) is 11.6 Å². The molecule has 19 heavy (non-hydrogen) atoms. The number of aromatic nitrogens is 5. The molecular weight excluding hydrogens is 240 g/mol. The van der Waals surface area contributed by atoms with Gasteiger partial charge in [-0.25, -0.2) is 4.98 Å². The molecule has 2 heterocycles. The van der Waals surface area contributed by atoms with E-state index in [-0.39, 0.29) is 0 Å². The Labute approximate surface area is 112 Å². The van der Waals surface area contributed by atoms with E-state index in [2.05, 4.69) is 30.0 Å². The second-order valence-corrected chi connectivity index (χ2v) is 4.89. The summed E-state index contributed by atoms with van der Waals surface area (Å²) < 4.78 is 2.21. The molecular formula is C13H18N6. The highest BCUT2D eigenvalue weighted by atomic mass is 15.3. The van der Waals surface area contributed by atoms with E-state index in [1.165, 1.54) is 32.1 Å². The Morgan fingerprint density at radius 2 is 2.11 bits per heavy atom. The number of anilines is 1. The van der Waals surface area contributed by atoms with Crippen LogP contribution in [-0.2, 0) is 6.54 Å². The first-order chi connectivity index (χ1) is 9.43. The number of hydrogen-bond donors (Lipinski definition) is 1. The molecule has 3 rings (SSSR count). The zero-order chi connectivity index (χ0) is 12.9. The van der Waals surface area contributed by atoms with Crippen LogP contribution in [0.1, 0.15) is 44.0 Å². The Kier molecular flexibility index (Phi) is 3.67. The number of nitrogens with zero attached hydrogens (tertiary/aromatic N) is 5. The number of hydrogen-bond acceptors (Lipinski definition) is 5. The third-order valence-corrected chi connectivity index (χ3v) is 3.61. The van der Waals surface area contributed by atoms with Gasteiger partial charge in [0.05, 0.1) is 12.7 Å². The van der Waals surface area contributed by atoms with Crippen molar-refractivity contribution in [2.24, 2.45) is 0 Å². The van der Waals surface area contributed by atoms with Gasteiger partial charge in [-0.3, -0.25) is 4.98 Å². The lowest BCUT2D eigenvalue weighted by molar-refractivity contribution is 0.346. The smallest absolute Gasteiger partial charge is 0.152 e. The lowest BCUT2D eigenvalue weighted by Crippen LogP contribution is -2.17. The molecule has 1 saturated carbocycles. The predicted octanol–water partition coefficient (Wildman–Crippen LogP) is 2.19. The topological polar surface area (TPSA) is 68.5 Å². The summed E-state index contributed by atoms with van der Waals surface area (Å²) in [4.78, 5) is 8.22. The first kappa shape index (κ1) is 12.1. The average Bonchev–Trinajstić information content (AvgIpc) is 2.95. The summed E-state index contributed by atoms with van der Waals surface area (Å²) in [6.07, 6.45) is 13.3. The Morgan fingerprint density at radius 1 is 1.21 bits per heavy atom. The molecule has 0 aromatic carbocycles. The van der Waals surface area contributed by atoms with E-state index in [9.17, 15) is 0 Å². The Bertz CT molecular complexity index is 503. The highest BCUT2D eigenvalue weighted by Gasteiger charge is 2.18. The van der Waals surface area contributed by atoms with Crippen molar-refractivity contribution in [1.82, 2.24) is 24.7 Å². The van der Waals surface area contributed by atoms with E-state index in [0.29, 0.717) is 12.6 Å². The average molecular weight is 258 g/mol. The summed E-state index contributed by atoms with van der Waals surface area (Å²) in [5.74, 6) is 1.73. The normalized spacial score (nSPS) is 16.4. The van der Waals surface area contributed by atoms with Crippen LogP contribution in [0, 0.1) is 0 Å². The van der Waals surface area contributed by atoms with Crippen LogP contribution in [0.25, 0.3) is 0 Å². The molecule has 6 heteroatoms. The Morgan fingerprint density at radius 3 is 2.89 bits per heavy atom. The van der Waals surface area contributed by atoms with Gasteiger partial charge in [0.2, 0.25) is 0 Å². The van der Waals surface area contributed by atoms with Crippen molar-refractivity contribution in [1.29, 1.82) is 0 Å². The molecule has 6 nitrogen and oxygen atoms in total. The molecule has 2 aromatic rings. The van der Waals surface area contributed by atoms with Crippen LogP contribution in [0.2, 0.25) is 0 Å². The fraction of sp³-hybridized carbons (Fsp3) is 0.538. The molecule has 0 saturated heterocycles. The highest BCUT2D eigenvalue weighted by Crippen LogP contribution is 2.28. The molecule has 0 unspecified atom stereocenters. The maximum Gasteiger partial charge on any atom is 0.152 e. The van der Waals surface area contributed by atoms with Gasteiger partial charge in [0.25, 0.3) is 0 Å². The minimum Gasteiger partial charge on any atom is -0.361 e. The second kappa shape index (κ2) is 5.77. The lowest BCUT2D eigenvalue weighted by atomic mass is 9.95. The van der Waals surface area contributed by atoms with Crippen molar-refractivity contribution < 1.29 is 0 Å². The third kappa shape index (κ3) is 2.89. The molecule has 0 atom stereocenters. The summed E-state index contributed by atoms with van der Waals surface area (Å²) in [7, 11) is 0. The summed E-state index contributed by atoms with van der Waals surface area (Å²) in [6, 6.07) is 0.558. The van der Waals surface area contributed by atoms with E-state index in [1.807, 2.05) is 6.33 Å². The van der Waals surface area contributed by atoms with Crippen LogP contribution in [0.4, 0.5) is 5.82 Å². The van der Waals surface area contributed by atoms with Crippen LogP contribution >= 0.6 is 0 Å². The van der Waals surface area contributed by atoms with Gasteiger partial charge in [-0.1, -0.05) is 19.3 Å². The van der Waals surface area contributed by atoms with Gasteiger partial charge >= 0.3 is 0 Å². The van der Waals surface area contributed by atoms with Gasteiger partial charge in [-0.05, 0) is 12.8 Å². The summed E-state index contributed by atoms with van der Waals surface area (Å²) >= 11 is 0. The fourth-order valence-electron chi connectivity index (χ4n) is 2.62. The Hall–Kier alpha value is -1.98. The summed E-state index contributed by atoms with van der Waals surface area (Å²) in [6.45, 7) is 0.634. The molecule has 1 aliphatic rings. The van der Waals surface area contributed by atoms with Crippen molar-refractivity contribution in [3.8, 4) is 0 Å². The molecule has 0 amide bonds. The van der Waals surface area contributed by atoms with Gasteiger partial charge in [-0.15, -0.1) is 10.2 Å². The first-order valence-corrected chi connectivity index (χ1v) is 6.82. The highest BCUT2D eigenvalue weighted by molar-refractivity contribution is 5.29. The van der Waals surface area contributed by atoms with Crippen LogP contribution in [0.15, 0.2) is 24.9 Å². The minimum atomic E-state index is 0.558. The van der Waals surface area contributed by atoms with Crippen LogP contribution in [-0.4, -0.2) is 24.7 Å². The second-order valence-electron chi connectivity index (χ2n) is 4.89. The molecule has 0 aliphatic heterocycles. The lowest BCUT2D eigenvalue weighted by Gasteiger charge is -2.24. The fourth-order valence-corrected chi connectivity index (χ4v) is 2.62. The minimum absolute atomic E-state index is 0.558. The molecule has 1 fully saturated rings. The molecule has 2 aromatic heterocycles. The Balaban J connectivity index is 1.66. The van der Waals surface area contributed by atoms with E-state index < -0.39 is 0 Å². The molecule has 0 bridgehead atoms. The number of nitrogens with one attached hydrogen (secondary N) is 1. The van der Waals surface area contributed by atoms with Crippen LogP contribution < -0.4 is 5.32 Å². The van der Waals surface area contributed by atoms with E-state index in [4.69, 9.17) is 0 Å². The SMILES string of the molecule is c1cnc(NCc2nncn2C2CCCCC2)cn1. The zero-order valence-electron chi connectivity index (χ0n) is 10.9. The van der Waals surface area contributed by atoms with Crippen molar-refractivity contribution in [3.63, 3.8) is 0 Å². The zero-order valence-corrected chi connectivity index (χ0v) is 10.9. The molecule has 0 radical (unpaired) electrons. The van der Waals surface area contributed by atoms with Gasteiger partial charge in [-0.2, -0.15) is 0 Å². The predicted molar refractivity (Wildman–Crippen MR) is 71.5 cm³/mol. The van der Waals surface area contributed by atoms with Crippen molar-refractivity contribution in [2.45, 2.75) is 44.7 Å². The maximum atomic E-state index is 4.21. The van der Waals surface area contributed by atoms with Crippen molar-refractivity contribution >= 4 is 5.82 Å². The molecule has 1 aliphatic carbocycles. The quantitative estimate of drug-likeness (QED) is 0.910. The van der Waals surface area contributed by atoms with Gasteiger partial charge in [0, 0.05) is 18.4 Å².